The average Bonchev–Trinajstić information content (AvgIpc) is 3.49. The fourth-order valence-electron chi connectivity index (χ4n) is 4.35. The smallest absolute Gasteiger partial charge is 0.250 e. The standard InChI is InChI=1S/C23H20ClN3O3S/c1-30-20-8-7-16(10-18(20)24)27-17-11-19(23(27)29)26(12-17)21(28)9-15-13-31-22(25-15)14-5-3-2-4-6-14/h2-8,10,13,17,19H,9,11-12H2,1H3/t17-,19-/m0/s1. The van der Waals surface area contributed by atoms with Crippen LogP contribution < -0.4 is 9.64 Å². The number of anilines is 1. The quantitative estimate of drug-likeness (QED) is 0.585. The monoisotopic (exact) mass is 453 g/mol. The van der Waals surface area contributed by atoms with Crippen molar-refractivity contribution in [3.8, 4) is 16.3 Å². The molecule has 3 aromatic rings. The highest BCUT2D eigenvalue weighted by molar-refractivity contribution is 7.13. The van der Waals surface area contributed by atoms with Gasteiger partial charge in [0.1, 0.15) is 16.8 Å². The van der Waals surface area contributed by atoms with Gasteiger partial charge < -0.3 is 14.5 Å². The van der Waals surface area contributed by atoms with Crippen LogP contribution in [0.1, 0.15) is 12.1 Å². The van der Waals surface area contributed by atoms with Crippen LogP contribution in [-0.2, 0) is 16.0 Å². The van der Waals surface area contributed by atoms with Gasteiger partial charge in [0, 0.05) is 23.2 Å². The second-order valence-corrected chi connectivity index (χ2v) is 8.93. The molecule has 2 amide bonds. The lowest BCUT2D eigenvalue weighted by Crippen LogP contribution is -2.52. The topological polar surface area (TPSA) is 62.7 Å². The molecule has 0 radical (unpaired) electrons. The number of thiazole rings is 1. The normalized spacial score (nSPS) is 19.9. The van der Waals surface area contributed by atoms with Crippen molar-refractivity contribution in [2.24, 2.45) is 0 Å². The van der Waals surface area contributed by atoms with E-state index in [1.54, 1.807) is 29.0 Å². The lowest BCUT2D eigenvalue weighted by Gasteiger charge is -2.34. The molecule has 2 fully saturated rings. The van der Waals surface area contributed by atoms with Crippen LogP contribution in [-0.4, -0.2) is 47.4 Å². The Kier molecular flexibility index (Phi) is 5.16. The number of rotatable bonds is 5. The van der Waals surface area contributed by atoms with Gasteiger partial charge in [-0.1, -0.05) is 41.9 Å². The summed E-state index contributed by atoms with van der Waals surface area (Å²) in [6.07, 6.45) is 0.842. The SMILES string of the molecule is COc1ccc(N2C(=O)[C@@H]3C[C@H]2CN3C(=O)Cc2csc(-c3ccccc3)n2)cc1Cl. The van der Waals surface area contributed by atoms with Gasteiger partial charge in [0.15, 0.2) is 0 Å². The Morgan fingerprint density at radius 1 is 1.26 bits per heavy atom. The maximum absolute atomic E-state index is 13.0. The number of carbonyl (C=O) groups is 2. The van der Waals surface area contributed by atoms with E-state index in [0.717, 1.165) is 22.0 Å². The molecule has 1 aromatic heterocycles. The number of halogens is 1. The third-order valence-corrected chi connectivity index (χ3v) is 7.04. The van der Waals surface area contributed by atoms with E-state index in [0.29, 0.717) is 23.7 Å². The van der Waals surface area contributed by atoms with Crippen LogP contribution >= 0.6 is 22.9 Å². The molecule has 8 heteroatoms. The Bertz CT molecular complexity index is 1150. The predicted molar refractivity (Wildman–Crippen MR) is 121 cm³/mol. The van der Waals surface area contributed by atoms with E-state index in [2.05, 4.69) is 4.98 Å². The van der Waals surface area contributed by atoms with E-state index in [1.165, 1.54) is 11.3 Å². The van der Waals surface area contributed by atoms with Crippen LogP contribution in [0.15, 0.2) is 53.9 Å². The van der Waals surface area contributed by atoms with Crippen LogP contribution in [0.3, 0.4) is 0 Å². The number of benzene rings is 2. The first-order valence-electron chi connectivity index (χ1n) is 10.0. The van der Waals surface area contributed by atoms with Gasteiger partial charge in [-0.05, 0) is 24.6 Å². The third kappa shape index (κ3) is 3.58. The first-order valence-corrected chi connectivity index (χ1v) is 11.3. The molecule has 31 heavy (non-hydrogen) atoms. The van der Waals surface area contributed by atoms with Gasteiger partial charge in [-0.15, -0.1) is 11.3 Å². The van der Waals surface area contributed by atoms with E-state index in [4.69, 9.17) is 16.3 Å². The highest BCUT2D eigenvalue weighted by atomic mass is 35.5. The summed E-state index contributed by atoms with van der Waals surface area (Å²) in [5.74, 6) is 0.449. The van der Waals surface area contributed by atoms with Crippen molar-refractivity contribution in [2.45, 2.75) is 24.9 Å². The van der Waals surface area contributed by atoms with Crippen LogP contribution in [0, 0.1) is 0 Å². The largest absolute Gasteiger partial charge is 0.495 e. The van der Waals surface area contributed by atoms with Crippen LogP contribution in [0.2, 0.25) is 5.02 Å². The summed E-state index contributed by atoms with van der Waals surface area (Å²) in [6.45, 7) is 0.522. The number of ether oxygens (including phenoxy) is 1. The van der Waals surface area contributed by atoms with Crippen molar-refractivity contribution in [1.29, 1.82) is 0 Å². The molecule has 2 bridgehead atoms. The maximum atomic E-state index is 13.0. The maximum Gasteiger partial charge on any atom is 0.250 e. The number of likely N-dealkylation sites (tertiary alicyclic amines) is 1. The number of amides is 2. The number of fused-ring (bicyclic) bond motifs is 2. The van der Waals surface area contributed by atoms with Crippen molar-refractivity contribution in [1.82, 2.24) is 9.88 Å². The molecule has 0 saturated carbocycles. The molecule has 2 aliphatic heterocycles. The Morgan fingerprint density at radius 3 is 2.77 bits per heavy atom. The molecule has 5 rings (SSSR count). The van der Waals surface area contributed by atoms with Gasteiger partial charge >= 0.3 is 0 Å². The van der Waals surface area contributed by atoms with Crippen LogP contribution in [0.5, 0.6) is 5.75 Å². The van der Waals surface area contributed by atoms with Gasteiger partial charge in [0.25, 0.3) is 0 Å². The van der Waals surface area contributed by atoms with Gasteiger partial charge in [-0.2, -0.15) is 0 Å². The summed E-state index contributed by atoms with van der Waals surface area (Å²) in [6, 6.07) is 14.8. The second kappa shape index (κ2) is 7.98. The van der Waals surface area contributed by atoms with Crippen LogP contribution in [0.4, 0.5) is 5.69 Å². The minimum Gasteiger partial charge on any atom is -0.495 e. The molecule has 0 N–H and O–H groups in total. The number of hydrogen-bond donors (Lipinski definition) is 0. The van der Waals surface area contributed by atoms with Gasteiger partial charge in [-0.3, -0.25) is 9.59 Å². The molecule has 0 aliphatic carbocycles. The summed E-state index contributed by atoms with van der Waals surface area (Å²) < 4.78 is 5.19. The number of nitrogens with zero attached hydrogens (tertiary/aromatic N) is 3. The molecule has 3 heterocycles. The number of hydrogen-bond acceptors (Lipinski definition) is 5. The fourth-order valence-corrected chi connectivity index (χ4v) is 5.43. The third-order valence-electron chi connectivity index (χ3n) is 5.81. The molecule has 2 aromatic carbocycles. The first-order chi connectivity index (χ1) is 15.0. The van der Waals surface area contributed by atoms with E-state index in [1.807, 2.05) is 41.8 Å². The summed E-state index contributed by atoms with van der Waals surface area (Å²) in [7, 11) is 1.55. The van der Waals surface area contributed by atoms with Crippen LogP contribution in [0.25, 0.3) is 10.6 Å². The lowest BCUT2D eigenvalue weighted by atomic mass is 10.2. The number of methoxy groups -OCH3 is 1. The Morgan fingerprint density at radius 2 is 2.06 bits per heavy atom. The fraction of sp³-hybridized carbons (Fsp3) is 0.261. The first kappa shape index (κ1) is 20.0. The van der Waals surface area contributed by atoms with Crippen molar-refractivity contribution >= 4 is 40.4 Å². The zero-order valence-corrected chi connectivity index (χ0v) is 18.4. The summed E-state index contributed by atoms with van der Waals surface area (Å²) in [5, 5.41) is 3.27. The highest BCUT2D eigenvalue weighted by Gasteiger charge is 2.51. The predicted octanol–water partition coefficient (Wildman–Crippen LogP) is 4.03. The second-order valence-electron chi connectivity index (χ2n) is 7.67. The molecule has 0 unspecified atom stereocenters. The Labute approximate surface area is 189 Å². The molecule has 2 aliphatic rings. The molecule has 2 saturated heterocycles. The lowest BCUT2D eigenvalue weighted by molar-refractivity contribution is -0.137. The molecule has 6 nitrogen and oxygen atoms in total. The summed E-state index contributed by atoms with van der Waals surface area (Å²) >= 11 is 7.77. The van der Waals surface area contributed by atoms with E-state index < -0.39 is 6.04 Å². The molecular formula is C23H20ClN3O3S. The van der Waals surface area contributed by atoms with E-state index >= 15 is 0 Å². The zero-order valence-electron chi connectivity index (χ0n) is 16.8. The Hall–Kier alpha value is -2.90. The van der Waals surface area contributed by atoms with Crippen molar-refractivity contribution in [3.63, 3.8) is 0 Å². The average molecular weight is 454 g/mol. The van der Waals surface area contributed by atoms with E-state index in [9.17, 15) is 9.59 Å². The van der Waals surface area contributed by atoms with Gasteiger partial charge in [0.05, 0.1) is 30.3 Å². The zero-order chi connectivity index (χ0) is 21.5. The highest BCUT2D eigenvalue weighted by Crippen LogP contribution is 2.38. The van der Waals surface area contributed by atoms with Crippen molar-refractivity contribution in [2.75, 3.05) is 18.6 Å². The molecule has 0 spiro atoms. The van der Waals surface area contributed by atoms with Gasteiger partial charge in [0.2, 0.25) is 11.8 Å². The minimum absolute atomic E-state index is 0.0405. The molecule has 2 atom stereocenters. The summed E-state index contributed by atoms with van der Waals surface area (Å²) in [5.41, 5.74) is 2.51. The van der Waals surface area contributed by atoms with Crippen molar-refractivity contribution < 1.29 is 14.3 Å². The van der Waals surface area contributed by atoms with Gasteiger partial charge in [-0.25, -0.2) is 4.98 Å². The Balaban J connectivity index is 1.28. The minimum atomic E-state index is -0.425. The number of carbonyl (C=O) groups excluding carboxylic acids is 2. The molecule has 158 valence electrons. The van der Waals surface area contributed by atoms with Crippen molar-refractivity contribution in [3.05, 3.63) is 64.6 Å². The number of aromatic nitrogens is 1. The number of piperazine rings is 1. The summed E-state index contributed by atoms with van der Waals surface area (Å²) in [4.78, 5) is 34.1. The molecular weight excluding hydrogens is 434 g/mol. The van der Waals surface area contributed by atoms with E-state index in [-0.39, 0.29) is 24.3 Å².